The first kappa shape index (κ1) is 9.46. The van der Waals surface area contributed by atoms with Gasteiger partial charge in [0.25, 0.3) is 0 Å². The molecule has 68 valence electrons. The van der Waals surface area contributed by atoms with Gasteiger partial charge in [-0.15, -0.1) is 0 Å². The fraction of sp³-hybridized carbons (Fsp3) is 0.875. The van der Waals surface area contributed by atoms with Crippen LogP contribution in [-0.4, -0.2) is 30.7 Å². The Hall–Kier alpha value is -0.630. The van der Waals surface area contributed by atoms with Gasteiger partial charge < -0.3 is 14.6 Å². The number of rotatable bonds is 4. The minimum atomic E-state index is -0.841. The molecule has 1 N–H and O–H groups in total. The number of ether oxygens (including phenoxy) is 2. The predicted octanol–water partition coefficient (Wildman–Crippen LogP) is 0.414. The van der Waals surface area contributed by atoms with Crippen molar-refractivity contribution in [2.24, 2.45) is 0 Å². The van der Waals surface area contributed by atoms with Crippen molar-refractivity contribution >= 4 is 0 Å². The molecule has 1 rings (SSSR count). The molecule has 12 heavy (non-hydrogen) atoms. The SMILES string of the molecule is N#CC(O)CCCC1OCCO1. The van der Waals surface area contributed by atoms with Crippen LogP contribution in [0.5, 0.6) is 0 Å². The smallest absolute Gasteiger partial charge is 0.157 e. The highest BCUT2D eigenvalue weighted by Crippen LogP contribution is 2.12. The van der Waals surface area contributed by atoms with E-state index in [1.54, 1.807) is 6.07 Å². The van der Waals surface area contributed by atoms with Crippen LogP contribution < -0.4 is 0 Å². The molecule has 0 spiro atoms. The van der Waals surface area contributed by atoms with Gasteiger partial charge in [-0.2, -0.15) is 5.26 Å². The Bertz CT molecular complexity index is 160. The maximum atomic E-state index is 8.89. The zero-order chi connectivity index (χ0) is 8.81. The van der Waals surface area contributed by atoms with Crippen LogP contribution in [-0.2, 0) is 9.47 Å². The van der Waals surface area contributed by atoms with Crippen LogP contribution in [0.4, 0.5) is 0 Å². The lowest BCUT2D eigenvalue weighted by Crippen LogP contribution is -2.09. The first-order chi connectivity index (χ1) is 5.83. The lowest BCUT2D eigenvalue weighted by Gasteiger charge is -2.08. The van der Waals surface area contributed by atoms with Gasteiger partial charge in [-0.1, -0.05) is 0 Å². The number of nitriles is 1. The van der Waals surface area contributed by atoms with Crippen LogP contribution in [0.15, 0.2) is 0 Å². The topological polar surface area (TPSA) is 62.5 Å². The van der Waals surface area contributed by atoms with Gasteiger partial charge in [0.1, 0.15) is 6.10 Å². The van der Waals surface area contributed by atoms with E-state index in [1.807, 2.05) is 0 Å². The molecule has 1 fully saturated rings. The summed E-state index contributed by atoms with van der Waals surface area (Å²) < 4.78 is 10.4. The summed E-state index contributed by atoms with van der Waals surface area (Å²) in [5, 5.41) is 17.2. The Morgan fingerprint density at radius 1 is 1.50 bits per heavy atom. The Morgan fingerprint density at radius 3 is 2.75 bits per heavy atom. The molecule has 0 aromatic heterocycles. The zero-order valence-electron chi connectivity index (χ0n) is 6.90. The maximum absolute atomic E-state index is 8.89. The van der Waals surface area contributed by atoms with E-state index in [4.69, 9.17) is 19.8 Å². The molecule has 0 bridgehead atoms. The van der Waals surface area contributed by atoms with Crippen molar-refractivity contribution in [1.29, 1.82) is 5.26 Å². The van der Waals surface area contributed by atoms with E-state index < -0.39 is 6.10 Å². The number of aliphatic hydroxyl groups excluding tert-OH is 1. The van der Waals surface area contributed by atoms with Crippen LogP contribution in [0.25, 0.3) is 0 Å². The highest BCUT2D eigenvalue weighted by molar-refractivity contribution is 4.81. The predicted molar refractivity (Wildman–Crippen MR) is 41.2 cm³/mol. The van der Waals surface area contributed by atoms with Crippen LogP contribution in [0.2, 0.25) is 0 Å². The molecule has 1 aliphatic rings. The van der Waals surface area contributed by atoms with Crippen molar-refractivity contribution in [3.05, 3.63) is 0 Å². The Kier molecular flexibility index (Phi) is 4.01. The standard InChI is InChI=1S/C8H13NO3/c9-6-7(10)2-1-3-8-11-4-5-12-8/h7-8,10H,1-5H2. The van der Waals surface area contributed by atoms with Crippen LogP contribution in [0.1, 0.15) is 19.3 Å². The fourth-order valence-electron chi connectivity index (χ4n) is 1.12. The molecule has 0 saturated carbocycles. The molecule has 1 saturated heterocycles. The second kappa shape index (κ2) is 5.09. The molecule has 1 unspecified atom stereocenters. The van der Waals surface area contributed by atoms with Gasteiger partial charge >= 0.3 is 0 Å². The summed E-state index contributed by atoms with van der Waals surface area (Å²) in [6.07, 6.45) is 1.07. The first-order valence-corrected chi connectivity index (χ1v) is 4.14. The van der Waals surface area contributed by atoms with Gasteiger partial charge in [0.15, 0.2) is 6.29 Å². The molecule has 1 aliphatic heterocycles. The number of aliphatic hydroxyl groups is 1. The summed E-state index contributed by atoms with van der Waals surface area (Å²) in [7, 11) is 0. The van der Waals surface area contributed by atoms with Crippen molar-refractivity contribution in [2.45, 2.75) is 31.7 Å². The Morgan fingerprint density at radius 2 is 2.17 bits per heavy atom. The zero-order valence-corrected chi connectivity index (χ0v) is 6.90. The molecule has 4 heteroatoms. The van der Waals surface area contributed by atoms with Crippen molar-refractivity contribution in [2.75, 3.05) is 13.2 Å². The third kappa shape index (κ3) is 3.18. The largest absolute Gasteiger partial charge is 0.378 e. The van der Waals surface area contributed by atoms with E-state index in [1.165, 1.54) is 0 Å². The fourth-order valence-corrected chi connectivity index (χ4v) is 1.12. The molecular formula is C8H13NO3. The second-order valence-corrected chi connectivity index (χ2v) is 2.75. The summed E-state index contributed by atoms with van der Waals surface area (Å²) in [4.78, 5) is 0. The third-order valence-electron chi connectivity index (χ3n) is 1.76. The summed E-state index contributed by atoms with van der Waals surface area (Å²) in [6, 6.07) is 1.76. The average molecular weight is 171 g/mol. The lowest BCUT2D eigenvalue weighted by molar-refractivity contribution is -0.0488. The minimum Gasteiger partial charge on any atom is -0.378 e. The summed E-state index contributed by atoms with van der Waals surface area (Å²) in [5.41, 5.74) is 0. The molecule has 0 amide bonds. The molecule has 0 aromatic carbocycles. The van der Waals surface area contributed by atoms with Crippen molar-refractivity contribution in [1.82, 2.24) is 0 Å². The van der Waals surface area contributed by atoms with E-state index in [0.29, 0.717) is 19.6 Å². The van der Waals surface area contributed by atoms with Crippen molar-refractivity contribution in [3.63, 3.8) is 0 Å². The monoisotopic (exact) mass is 171 g/mol. The van der Waals surface area contributed by atoms with Gasteiger partial charge in [0, 0.05) is 0 Å². The van der Waals surface area contributed by atoms with Gasteiger partial charge in [0.05, 0.1) is 19.3 Å². The molecule has 1 heterocycles. The van der Waals surface area contributed by atoms with Crippen molar-refractivity contribution < 1.29 is 14.6 Å². The van der Waals surface area contributed by atoms with Crippen LogP contribution in [0.3, 0.4) is 0 Å². The van der Waals surface area contributed by atoms with E-state index in [-0.39, 0.29) is 6.29 Å². The normalized spacial score (nSPS) is 20.7. The summed E-state index contributed by atoms with van der Waals surface area (Å²) in [6.45, 7) is 1.32. The van der Waals surface area contributed by atoms with Gasteiger partial charge in [-0.05, 0) is 19.3 Å². The van der Waals surface area contributed by atoms with Gasteiger partial charge in [-0.25, -0.2) is 0 Å². The number of nitrogens with zero attached hydrogens (tertiary/aromatic N) is 1. The molecule has 1 atom stereocenters. The van der Waals surface area contributed by atoms with E-state index in [9.17, 15) is 0 Å². The molecular weight excluding hydrogens is 158 g/mol. The quantitative estimate of drug-likeness (QED) is 0.622. The van der Waals surface area contributed by atoms with Gasteiger partial charge in [-0.3, -0.25) is 0 Å². The van der Waals surface area contributed by atoms with E-state index in [2.05, 4.69) is 0 Å². The molecule has 0 aliphatic carbocycles. The Labute approximate surface area is 71.7 Å². The van der Waals surface area contributed by atoms with Gasteiger partial charge in [0.2, 0.25) is 0 Å². The summed E-state index contributed by atoms with van der Waals surface area (Å²) >= 11 is 0. The lowest BCUT2D eigenvalue weighted by atomic mass is 10.1. The summed E-state index contributed by atoms with van der Waals surface area (Å²) in [5.74, 6) is 0. The highest BCUT2D eigenvalue weighted by Gasteiger charge is 2.15. The van der Waals surface area contributed by atoms with Crippen molar-refractivity contribution in [3.8, 4) is 6.07 Å². The van der Waals surface area contributed by atoms with E-state index in [0.717, 1.165) is 12.8 Å². The maximum Gasteiger partial charge on any atom is 0.157 e. The average Bonchev–Trinajstić information content (AvgIpc) is 2.57. The van der Waals surface area contributed by atoms with Crippen LogP contribution >= 0.6 is 0 Å². The third-order valence-corrected chi connectivity index (χ3v) is 1.76. The second-order valence-electron chi connectivity index (χ2n) is 2.75. The number of hydrogen-bond acceptors (Lipinski definition) is 4. The number of hydrogen-bond donors (Lipinski definition) is 1. The molecule has 4 nitrogen and oxygen atoms in total. The highest BCUT2D eigenvalue weighted by atomic mass is 16.7. The Balaban J connectivity index is 1.98. The van der Waals surface area contributed by atoms with E-state index >= 15 is 0 Å². The first-order valence-electron chi connectivity index (χ1n) is 4.14. The minimum absolute atomic E-state index is 0.115. The molecule has 0 aromatic rings. The molecule has 0 radical (unpaired) electrons. The van der Waals surface area contributed by atoms with Crippen LogP contribution in [0, 0.1) is 11.3 Å².